The van der Waals surface area contributed by atoms with E-state index in [-0.39, 0.29) is 24.1 Å². The van der Waals surface area contributed by atoms with Crippen LogP contribution in [0.2, 0.25) is 0 Å². The van der Waals surface area contributed by atoms with Crippen molar-refractivity contribution in [2.45, 2.75) is 57.7 Å². The molecule has 2 saturated heterocycles. The Labute approximate surface area is 120 Å². The van der Waals surface area contributed by atoms with Crippen molar-refractivity contribution in [3.8, 4) is 0 Å². The maximum absolute atomic E-state index is 12.0. The fraction of sp³-hybridized carbons (Fsp3) is 0.857. The van der Waals surface area contributed by atoms with Crippen LogP contribution in [-0.4, -0.2) is 54.2 Å². The van der Waals surface area contributed by atoms with Gasteiger partial charge in [0.25, 0.3) is 0 Å². The highest BCUT2D eigenvalue weighted by Gasteiger charge is 2.32. The Kier molecular flexibility index (Phi) is 4.52. The fourth-order valence-corrected chi connectivity index (χ4v) is 2.60. The van der Waals surface area contributed by atoms with Gasteiger partial charge in [0.2, 0.25) is 5.91 Å². The summed E-state index contributed by atoms with van der Waals surface area (Å²) in [5, 5.41) is 6.22. The summed E-state index contributed by atoms with van der Waals surface area (Å²) in [4.78, 5) is 25.4. The van der Waals surface area contributed by atoms with E-state index < -0.39 is 5.60 Å². The van der Waals surface area contributed by atoms with Crippen LogP contribution < -0.4 is 10.6 Å². The maximum atomic E-state index is 12.0. The van der Waals surface area contributed by atoms with Crippen LogP contribution in [0.4, 0.5) is 4.79 Å². The Hall–Kier alpha value is -1.30. The van der Waals surface area contributed by atoms with Gasteiger partial charge in [-0.3, -0.25) is 4.79 Å². The number of hydrogen-bond acceptors (Lipinski definition) is 4. The molecule has 2 amide bonds. The third kappa shape index (κ3) is 4.10. The first-order chi connectivity index (χ1) is 9.35. The number of ether oxygens (including phenoxy) is 1. The molecule has 2 fully saturated rings. The summed E-state index contributed by atoms with van der Waals surface area (Å²) < 4.78 is 5.36. The minimum Gasteiger partial charge on any atom is -0.444 e. The summed E-state index contributed by atoms with van der Waals surface area (Å²) in [6.07, 6.45) is 2.47. The topological polar surface area (TPSA) is 70.7 Å². The molecule has 0 radical (unpaired) electrons. The van der Waals surface area contributed by atoms with Crippen molar-refractivity contribution in [1.29, 1.82) is 0 Å². The van der Waals surface area contributed by atoms with Gasteiger partial charge >= 0.3 is 6.09 Å². The number of nitrogens with zero attached hydrogens (tertiary/aromatic N) is 1. The molecule has 2 atom stereocenters. The Bertz CT molecular complexity index is 378. The summed E-state index contributed by atoms with van der Waals surface area (Å²) >= 11 is 0. The highest BCUT2D eigenvalue weighted by Crippen LogP contribution is 2.16. The Morgan fingerprint density at radius 1 is 1.40 bits per heavy atom. The number of likely N-dealkylation sites (tertiary alicyclic amines) is 1. The minimum absolute atomic E-state index is 0.0759. The second kappa shape index (κ2) is 5.99. The fourth-order valence-electron chi connectivity index (χ4n) is 2.60. The molecular formula is C14H25N3O3. The zero-order chi connectivity index (χ0) is 14.8. The Balaban J connectivity index is 1.80. The molecule has 2 aliphatic rings. The van der Waals surface area contributed by atoms with Gasteiger partial charge in [-0.2, -0.15) is 0 Å². The van der Waals surface area contributed by atoms with Crippen molar-refractivity contribution >= 4 is 12.0 Å². The molecule has 20 heavy (non-hydrogen) atoms. The SMILES string of the molecule is CC(C)(C)OC(=O)N1CCC(NC2CCCNC2=O)C1. The second-order valence-corrected chi connectivity index (χ2v) is 6.56. The highest BCUT2D eigenvalue weighted by molar-refractivity contribution is 5.82. The number of rotatable bonds is 2. The van der Waals surface area contributed by atoms with Crippen LogP contribution in [-0.2, 0) is 9.53 Å². The van der Waals surface area contributed by atoms with Crippen molar-refractivity contribution in [2.24, 2.45) is 0 Å². The van der Waals surface area contributed by atoms with Crippen LogP contribution in [0.3, 0.4) is 0 Å². The first-order valence-corrected chi connectivity index (χ1v) is 7.37. The monoisotopic (exact) mass is 283 g/mol. The zero-order valence-corrected chi connectivity index (χ0v) is 12.6. The summed E-state index contributed by atoms with van der Waals surface area (Å²) in [7, 11) is 0. The normalized spacial score (nSPS) is 27.4. The van der Waals surface area contributed by atoms with Gasteiger partial charge in [0.1, 0.15) is 5.60 Å². The first-order valence-electron chi connectivity index (χ1n) is 7.37. The van der Waals surface area contributed by atoms with Crippen LogP contribution >= 0.6 is 0 Å². The summed E-state index contributed by atoms with van der Waals surface area (Å²) in [5.41, 5.74) is -0.466. The van der Waals surface area contributed by atoms with E-state index >= 15 is 0 Å². The smallest absolute Gasteiger partial charge is 0.410 e. The van der Waals surface area contributed by atoms with Crippen LogP contribution in [0.5, 0.6) is 0 Å². The van der Waals surface area contributed by atoms with Crippen LogP contribution in [0, 0.1) is 0 Å². The molecule has 2 rings (SSSR count). The van der Waals surface area contributed by atoms with Gasteiger partial charge in [-0.05, 0) is 40.0 Å². The molecule has 2 unspecified atom stereocenters. The van der Waals surface area contributed by atoms with Gasteiger partial charge < -0.3 is 20.3 Å². The van der Waals surface area contributed by atoms with Gasteiger partial charge in [0.15, 0.2) is 0 Å². The quantitative estimate of drug-likeness (QED) is 0.788. The molecule has 114 valence electrons. The van der Waals surface area contributed by atoms with E-state index in [1.165, 1.54) is 0 Å². The lowest BCUT2D eigenvalue weighted by molar-refractivity contribution is -0.124. The van der Waals surface area contributed by atoms with Gasteiger partial charge in [-0.15, -0.1) is 0 Å². The molecule has 0 aliphatic carbocycles. The molecule has 0 aromatic rings. The third-order valence-electron chi connectivity index (χ3n) is 3.56. The maximum Gasteiger partial charge on any atom is 0.410 e. The molecule has 0 spiro atoms. The standard InChI is InChI=1S/C14H25N3O3/c1-14(2,3)20-13(19)17-8-6-10(9-17)16-11-5-4-7-15-12(11)18/h10-11,16H,4-9H2,1-3H3,(H,15,18). The van der Waals surface area contributed by atoms with E-state index in [1.54, 1.807) is 4.90 Å². The van der Waals surface area contributed by atoms with E-state index in [9.17, 15) is 9.59 Å². The van der Waals surface area contributed by atoms with Crippen molar-refractivity contribution in [3.63, 3.8) is 0 Å². The molecule has 6 nitrogen and oxygen atoms in total. The molecule has 0 saturated carbocycles. The summed E-state index contributed by atoms with van der Waals surface area (Å²) in [6, 6.07) is 0.0590. The van der Waals surface area contributed by atoms with Crippen LogP contribution in [0.25, 0.3) is 0 Å². The van der Waals surface area contributed by atoms with Crippen molar-refractivity contribution in [2.75, 3.05) is 19.6 Å². The van der Waals surface area contributed by atoms with Gasteiger partial charge in [0, 0.05) is 25.7 Å². The van der Waals surface area contributed by atoms with Gasteiger partial charge in [-0.25, -0.2) is 4.79 Å². The van der Waals surface area contributed by atoms with E-state index in [2.05, 4.69) is 10.6 Å². The lowest BCUT2D eigenvalue weighted by Gasteiger charge is -2.27. The second-order valence-electron chi connectivity index (χ2n) is 6.56. The third-order valence-corrected chi connectivity index (χ3v) is 3.56. The largest absolute Gasteiger partial charge is 0.444 e. The number of carbonyl (C=O) groups excluding carboxylic acids is 2. The molecule has 2 heterocycles. The molecular weight excluding hydrogens is 258 g/mol. The predicted molar refractivity (Wildman–Crippen MR) is 75.4 cm³/mol. The molecule has 0 aromatic heterocycles. The van der Waals surface area contributed by atoms with Crippen molar-refractivity contribution in [1.82, 2.24) is 15.5 Å². The van der Waals surface area contributed by atoms with Crippen molar-refractivity contribution < 1.29 is 14.3 Å². The van der Waals surface area contributed by atoms with E-state index in [0.717, 1.165) is 25.8 Å². The Morgan fingerprint density at radius 3 is 2.80 bits per heavy atom. The molecule has 0 aromatic carbocycles. The molecule has 2 aliphatic heterocycles. The lowest BCUT2D eigenvalue weighted by atomic mass is 10.1. The van der Waals surface area contributed by atoms with Crippen LogP contribution in [0.15, 0.2) is 0 Å². The van der Waals surface area contributed by atoms with E-state index in [0.29, 0.717) is 13.1 Å². The number of piperidine rings is 1. The van der Waals surface area contributed by atoms with Crippen LogP contribution in [0.1, 0.15) is 40.0 Å². The average molecular weight is 283 g/mol. The van der Waals surface area contributed by atoms with E-state index in [4.69, 9.17) is 4.74 Å². The number of nitrogens with one attached hydrogen (secondary N) is 2. The van der Waals surface area contributed by atoms with Gasteiger partial charge in [-0.1, -0.05) is 0 Å². The summed E-state index contributed by atoms with van der Waals surface area (Å²) in [5.74, 6) is 0.0759. The summed E-state index contributed by atoms with van der Waals surface area (Å²) in [6.45, 7) is 7.65. The predicted octanol–water partition coefficient (Wildman–Crippen LogP) is 0.864. The average Bonchev–Trinajstić information content (AvgIpc) is 2.79. The molecule has 6 heteroatoms. The number of hydrogen-bond donors (Lipinski definition) is 2. The highest BCUT2D eigenvalue weighted by atomic mass is 16.6. The lowest BCUT2D eigenvalue weighted by Crippen LogP contribution is -2.52. The Morgan fingerprint density at radius 2 is 2.15 bits per heavy atom. The zero-order valence-electron chi connectivity index (χ0n) is 12.6. The van der Waals surface area contributed by atoms with E-state index in [1.807, 2.05) is 20.8 Å². The molecule has 0 bridgehead atoms. The van der Waals surface area contributed by atoms with Gasteiger partial charge in [0.05, 0.1) is 6.04 Å². The molecule has 2 N–H and O–H groups in total. The minimum atomic E-state index is -0.466. The number of carbonyl (C=O) groups is 2. The first kappa shape index (κ1) is 15.1. The number of amides is 2. The van der Waals surface area contributed by atoms with Crippen molar-refractivity contribution in [3.05, 3.63) is 0 Å².